The van der Waals surface area contributed by atoms with E-state index in [1.54, 1.807) is 7.05 Å². The molecule has 0 saturated heterocycles. The lowest BCUT2D eigenvalue weighted by Gasteiger charge is -2.18. The number of aromatic nitrogens is 3. The van der Waals surface area contributed by atoms with Crippen molar-refractivity contribution in [1.29, 1.82) is 0 Å². The number of hydrogen-bond acceptors (Lipinski definition) is 5. The predicted molar refractivity (Wildman–Crippen MR) is 83.6 cm³/mol. The van der Waals surface area contributed by atoms with E-state index in [-0.39, 0.29) is 11.6 Å². The molecule has 0 radical (unpaired) electrons. The van der Waals surface area contributed by atoms with Crippen LogP contribution in [0.15, 0.2) is 10.9 Å². The van der Waals surface area contributed by atoms with Gasteiger partial charge in [-0.25, -0.2) is 0 Å². The molecule has 2 aromatic heterocycles. The van der Waals surface area contributed by atoms with Crippen molar-refractivity contribution in [1.82, 2.24) is 14.8 Å². The molecule has 2 aromatic rings. The largest absolute Gasteiger partial charge is 0.363 e. The predicted octanol–water partition coefficient (Wildman–Crippen LogP) is 3.00. The molecule has 0 aliphatic heterocycles. The van der Waals surface area contributed by atoms with Crippen LogP contribution >= 0.6 is 11.3 Å². The third-order valence-electron chi connectivity index (χ3n) is 3.52. The van der Waals surface area contributed by atoms with Crippen LogP contribution in [-0.2, 0) is 0 Å². The molecule has 1 unspecified atom stereocenters. The Morgan fingerprint density at radius 2 is 2.10 bits per heavy atom. The number of nitrogens with zero attached hydrogens (tertiary/aromatic N) is 3. The second-order valence-electron chi connectivity index (χ2n) is 4.94. The van der Waals surface area contributed by atoms with E-state index in [0.29, 0.717) is 10.6 Å². The van der Waals surface area contributed by atoms with E-state index >= 15 is 0 Å². The van der Waals surface area contributed by atoms with Crippen LogP contribution in [0.5, 0.6) is 0 Å². The molecule has 0 aliphatic rings. The number of aryl methyl sites for hydroxylation is 2. The summed E-state index contributed by atoms with van der Waals surface area (Å²) in [7, 11) is 1.80. The number of pyridine rings is 1. The smallest absolute Gasteiger partial charge is 0.261 e. The van der Waals surface area contributed by atoms with Crippen molar-refractivity contribution in [3.05, 3.63) is 27.7 Å². The maximum atomic E-state index is 12.8. The molecule has 108 valence electrons. The summed E-state index contributed by atoms with van der Waals surface area (Å²) in [6.45, 7) is 8.07. The first-order chi connectivity index (χ1) is 9.49. The summed E-state index contributed by atoms with van der Waals surface area (Å²) in [5.41, 5.74) is 2.63. The van der Waals surface area contributed by atoms with Gasteiger partial charge in [0.2, 0.25) is 5.13 Å². The topological polar surface area (TPSA) is 59.8 Å². The Kier molecular flexibility index (Phi) is 4.23. The minimum atomic E-state index is 0.0238. The fourth-order valence-electron chi connectivity index (χ4n) is 2.32. The zero-order valence-electron chi connectivity index (χ0n) is 12.5. The number of hydrogen-bond donors (Lipinski definition) is 1. The van der Waals surface area contributed by atoms with Crippen LogP contribution in [-0.4, -0.2) is 21.8 Å². The first-order valence-corrected chi connectivity index (χ1v) is 7.55. The Balaban J connectivity index is 2.67. The van der Waals surface area contributed by atoms with Gasteiger partial charge in [0.05, 0.1) is 5.56 Å². The maximum Gasteiger partial charge on any atom is 0.261 e. The van der Waals surface area contributed by atoms with Gasteiger partial charge in [0.1, 0.15) is 0 Å². The van der Waals surface area contributed by atoms with Gasteiger partial charge < -0.3 is 9.88 Å². The minimum absolute atomic E-state index is 0.0238. The molecule has 5 nitrogen and oxygen atoms in total. The van der Waals surface area contributed by atoms with Crippen LogP contribution in [0.1, 0.15) is 37.6 Å². The van der Waals surface area contributed by atoms with Crippen LogP contribution < -0.4 is 10.9 Å². The lowest BCUT2D eigenvalue weighted by molar-refractivity contribution is 0.503. The summed E-state index contributed by atoms with van der Waals surface area (Å²) >= 11 is 1.40. The van der Waals surface area contributed by atoms with Crippen LogP contribution in [0.4, 0.5) is 5.13 Å². The normalized spacial score (nSPS) is 12.4. The van der Waals surface area contributed by atoms with Gasteiger partial charge in [-0.05, 0) is 38.8 Å². The first kappa shape index (κ1) is 14.7. The monoisotopic (exact) mass is 292 g/mol. The van der Waals surface area contributed by atoms with Crippen LogP contribution in [0.2, 0.25) is 0 Å². The van der Waals surface area contributed by atoms with E-state index in [4.69, 9.17) is 0 Å². The van der Waals surface area contributed by atoms with E-state index in [9.17, 15) is 4.79 Å². The number of rotatable bonds is 4. The average Bonchev–Trinajstić information content (AvgIpc) is 2.86. The Bertz CT molecular complexity index is 674. The summed E-state index contributed by atoms with van der Waals surface area (Å²) in [5.74, 6) is 0. The van der Waals surface area contributed by atoms with Crippen molar-refractivity contribution in [3.8, 4) is 10.6 Å². The highest BCUT2D eigenvalue weighted by Gasteiger charge is 2.18. The van der Waals surface area contributed by atoms with Gasteiger partial charge in [-0.1, -0.05) is 18.3 Å². The second kappa shape index (κ2) is 5.75. The fraction of sp³-hybridized carbons (Fsp3) is 0.500. The maximum absolute atomic E-state index is 12.8. The molecule has 1 N–H and O–H groups in total. The SMILES string of the molecule is CCC(C)n1c(C)cc(C)c(-c2nnc(NC)s2)c1=O. The molecular weight excluding hydrogens is 272 g/mol. The Morgan fingerprint density at radius 3 is 2.65 bits per heavy atom. The van der Waals surface area contributed by atoms with E-state index in [2.05, 4.69) is 29.4 Å². The number of nitrogens with one attached hydrogen (secondary N) is 1. The van der Waals surface area contributed by atoms with Crippen molar-refractivity contribution < 1.29 is 0 Å². The Morgan fingerprint density at radius 1 is 1.40 bits per heavy atom. The zero-order valence-corrected chi connectivity index (χ0v) is 13.3. The lowest BCUT2D eigenvalue weighted by Crippen LogP contribution is -2.27. The van der Waals surface area contributed by atoms with E-state index in [1.165, 1.54) is 11.3 Å². The molecule has 2 rings (SSSR count). The summed E-state index contributed by atoms with van der Waals surface area (Å²) in [4.78, 5) is 12.8. The van der Waals surface area contributed by atoms with Crippen LogP contribution in [0.25, 0.3) is 10.6 Å². The number of anilines is 1. The quantitative estimate of drug-likeness (QED) is 0.941. The summed E-state index contributed by atoms with van der Waals surface area (Å²) < 4.78 is 1.85. The third kappa shape index (κ3) is 2.47. The Labute approximate surface area is 122 Å². The molecule has 0 aromatic carbocycles. The molecule has 1 atom stereocenters. The summed E-state index contributed by atoms with van der Waals surface area (Å²) in [6, 6.07) is 2.22. The fourth-order valence-corrected chi connectivity index (χ4v) is 3.12. The lowest BCUT2D eigenvalue weighted by atomic mass is 10.1. The van der Waals surface area contributed by atoms with Gasteiger partial charge >= 0.3 is 0 Å². The molecule has 0 amide bonds. The van der Waals surface area contributed by atoms with Crippen LogP contribution in [0, 0.1) is 13.8 Å². The van der Waals surface area contributed by atoms with Gasteiger partial charge in [-0.3, -0.25) is 4.79 Å². The van der Waals surface area contributed by atoms with E-state index in [1.807, 2.05) is 24.5 Å². The molecule has 20 heavy (non-hydrogen) atoms. The standard InChI is InChI=1S/C14H20N4OS/c1-6-9(3)18-10(4)7-8(2)11(13(18)19)12-16-17-14(15-5)20-12/h7,9H,6H2,1-5H3,(H,15,17). The average molecular weight is 292 g/mol. The van der Waals surface area contributed by atoms with Gasteiger partial charge in [0.25, 0.3) is 5.56 Å². The van der Waals surface area contributed by atoms with Crippen molar-refractivity contribution in [3.63, 3.8) is 0 Å². The Hall–Kier alpha value is -1.69. The molecule has 2 heterocycles. The molecular formula is C14H20N4OS. The van der Waals surface area contributed by atoms with Gasteiger partial charge in [-0.15, -0.1) is 10.2 Å². The van der Waals surface area contributed by atoms with Crippen molar-refractivity contribution >= 4 is 16.5 Å². The molecule has 0 bridgehead atoms. The molecule has 0 aliphatic carbocycles. The highest BCUT2D eigenvalue weighted by Crippen LogP contribution is 2.27. The third-order valence-corrected chi connectivity index (χ3v) is 4.47. The molecule has 0 spiro atoms. The highest BCUT2D eigenvalue weighted by molar-refractivity contribution is 7.18. The van der Waals surface area contributed by atoms with Gasteiger partial charge in [0, 0.05) is 18.8 Å². The molecule has 0 saturated carbocycles. The second-order valence-corrected chi connectivity index (χ2v) is 5.92. The zero-order chi connectivity index (χ0) is 14.9. The van der Waals surface area contributed by atoms with Crippen molar-refractivity contribution in [2.75, 3.05) is 12.4 Å². The first-order valence-electron chi connectivity index (χ1n) is 6.74. The van der Waals surface area contributed by atoms with Crippen molar-refractivity contribution in [2.45, 2.75) is 40.2 Å². The van der Waals surface area contributed by atoms with Gasteiger partial charge in [0.15, 0.2) is 5.01 Å². The highest BCUT2D eigenvalue weighted by atomic mass is 32.1. The molecule has 0 fully saturated rings. The minimum Gasteiger partial charge on any atom is -0.363 e. The van der Waals surface area contributed by atoms with Crippen LogP contribution in [0.3, 0.4) is 0 Å². The van der Waals surface area contributed by atoms with E-state index < -0.39 is 0 Å². The van der Waals surface area contributed by atoms with E-state index in [0.717, 1.165) is 22.8 Å². The summed E-state index contributed by atoms with van der Waals surface area (Å²) in [5, 5.41) is 12.5. The van der Waals surface area contributed by atoms with Gasteiger partial charge in [-0.2, -0.15) is 0 Å². The summed E-state index contributed by atoms with van der Waals surface area (Å²) in [6.07, 6.45) is 0.918. The van der Waals surface area contributed by atoms with Crippen molar-refractivity contribution in [2.24, 2.45) is 0 Å². The molecule has 6 heteroatoms.